The Bertz CT molecular complexity index is 408. The van der Waals surface area contributed by atoms with Crippen molar-refractivity contribution in [2.24, 2.45) is 0 Å². The van der Waals surface area contributed by atoms with Gasteiger partial charge in [-0.3, -0.25) is 4.55 Å². The Morgan fingerprint density at radius 3 is 2.31 bits per heavy atom. The summed E-state index contributed by atoms with van der Waals surface area (Å²) < 4.78 is 30.1. The van der Waals surface area contributed by atoms with Crippen molar-refractivity contribution in [2.45, 2.75) is 4.90 Å². The van der Waals surface area contributed by atoms with Crippen LogP contribution in [-0.4, -0.2) is 18.1 Å². The second-order valence-electron chi connectivity index (χ2n) is 2.09. The molecule has 0 aliphatic heterocycles. The fraction of sp³-hybridized carbons (Fsp3) is 0. The summed E-state index contributed by atoms with van der Waals surface area (Å²) in [6.07, 6.45) is 0. The number of hydrogen-bond donors (Lipinski definition) is 2. The zero-order valence-electron chi connectivity index (χ0n) is 7.73. The van der Waals surface area contributed by atoms with Crippen LogP contribution in [0.25, 0.3) is 0 Å². The summed E-state index contributed by atoms with van der Waals surface area (Å²) in [5.41, 5.74) is 0. The van der Waals surface area contributed by atoms with Gasteiger partial charge >= 0.3 is 29.6 Å². The first-order chi connectivity index (χ1) is 5.41. The molecule has 0 radical (unpaired) electrons. The van der Waals surface area contributed by atoms with E-state index in [9.17, 15) is 8.42 Å². The molecule has 0 aliphatic carbocycles. The summed E-state index contributed by atoms with van der Waals surface area (Å²) in [6, 6.07) is 3.53. The van der Waals surface area contributed by atoms with Gasteiger partial charge in [0.05, 0.1) is 8.47 Å². The van der Waals surface area contributed by atoms with Crippen molar-refractivity contribution >= 4 is 32.7 Å². The van der Waals surface area contributed by atoms with Gasteiger partial charge in [0.2, 0.25) is 0 Å². The van der Waals surface area contributed by atoms with Gasteiger partial charge in [-0.05, 0) is 40.8 Å². The molecule has 0 saturated carbocycles. The van der Waals surface area contributed by atoms with E-state index in [1.807, 2.05) is 0 Å². The molecule has 0 atom stereocenters. The molecule has 4 nitrogen and oxygen atoms in total. The molecule has 1 rings (SSSR count). The van der Waals surface area contributed by atoms with Crippen molar-refractivity contribution in [1.29, 1.82) is 0 Å². The summed E-state index contributed by atoms with van der Waals surface area (Å²) in [5.74, 6) is -0.0111. The molecule has 13 heavy (non-hydrogen) atoms. The number of benzene rings is 1. The predicted octanol–water partition coefficient (Wildman–Crippen LogP) is -1.64. The minimum Gasteiger partial charge on any atom is -1.00 e. The second-order valence-corrected chi connectivity index (χ2v) is 4.67. The van der Waals surface area contributed by atoms with E-state index in [1.165, 1.54) is 12.1 Å². The Labute approximate surface area is 113 Å². The van der Waals surface area contributed by atoms with E-state index in [4.69, 9.17) is 9.66 Å². The van der Waals surface area contributed by atoms with Crippen LogP contribution in [0.4, 0.5) is 0 Å². The third-order valence-corrected chi connectivity index (χ3v) is 2.93. The monoisotopic (exact) mass is 324 g/mol. The maximum absolute atomic E-state index is 10.6. The smallest absolute Gasteiger partial charge is 1.00 e. The van der Waals surface area contributed by atoms with Crippen molar-refractivity contribution in [3.63, 3.8) is 0 Å². The van der Waals surface area contributed by atoms with E-state index >= 15 is 0 Å². The van der Waals surface area contributed by atoms with Gasteiger partial charge in [-0.25, -0.2) is 0 Å². The summed E-state index contributed by atoms with van der Waals surface area (Å²) in [7, 11) is -4.16. The van der Waals surface area contributed by atoms with Crippen molar-refractivity contribution < 1.29 is 49.1 Å². The van der Waals surface area contributed by atoms with Gasteiger partial charge in [-0.2, -0.15) is 8.42 Å². The minimum atomic E-state index is -4.16. The molecule has 7 heteroatoms. The Kier molecular flexibility index (Phi) is 5.19. The summed E-state index contributed by atoms with van der Waals surface area (Å²) >= 11 is 1.76. The molecule has 0 unspecified atom stereocenters. The molecule has 0 aromatic heterocycles. The standard InChI is InChI=1S/C6H5IO4S.Na.H/c7-5-3-4(12(9,10)11)1-2-6(5)8;;/h1-3,8H,(H,9,10,11);;/q;+1;-1. The molecule has 1 aromatic carbocycles. The molecular formula is C6H6INaO4S. The Morgan fingerprint density at radius 2 is 1.92 bits per heavy atom. The summed E-state index contributed by atoms with van der Waals surface area (Å²) in [6.45, 7) is 0. The SMILES string of the molecule is O=S(=O)(O)c1ccc(O)c(I)c1.[H-].[Na+]. The molecular weight excluding hydrogens is 318 g/mol. The fourth-order valence-electron chi connectivity index (χ4n) is 0.648. The quantitative estimate of drug-likeness (QED) is 0.369. The number of phenols is 1. The van der Waals surface area contributed by atoms with Crippen LogP contribution in [0.1, 0.15) is 1.43 Å². The molecule has 68 valence electrons. The van der Waals surface area contributed by atoms with Gasteiger partial charge in [0.15, 0.2) is 0 Å². The first-order valence-corrected chi connectivity index (χ1v) is 5.39. The van der Waals surface area contributed by atoms with Crippen molar-refractivity contribution in [1.82, 2.24) is 0 Å². The van der Waals surface area contributed by atoms with Crippen LogP contribution in [0.2, 0.25) is 0 Å². The van der Waals surface area contributed by atoms with Crippen LogP contribution < -0.4 is 29.6 Å². The Balaban J connectivity index is 0. The first-order valence-electron chi connectivity index (χ1n) is 2.87. The summed E-state index contributed by atoms with van der Waals surface area (Å²) in [4.78, 5) is -0.218. The van der Waals surface area contributed by atoms with Gasteiger partial charge in [-0.1, -0.05) is 0 Å². The molecule has 2 N–H and O–H groups in total. The molecule has 0 fully saturated rings. The fourth-order valence-corrected chi connectivity index (χ4v) is 1.88. The predicted molar refractivity (Wildman–Crippen MR) is 51.8 cm³/mol. The van der Waals surface area contributed by atoms with E-state index in [0.717, 1.165) is 6.07 Å². The molecule has 0 amide bonds. The van der Waals surface area contributed by atoms with Crippen LogP contribution in [0.15, 0.2) is 23.1 Å². The van der Waals surface area contributed by atoms with E-state index in [-0.39, 0.29) is 41.6 Å². The summed E-state index contributed by atoms with van der Waals surface area (Å²) in [5, 5.41) is 9.03. The van der Waals surface area contributed by atoms with E-state index < -0.39 is 10.1 Å². The maximum atomic E-state index is 10.6. The van der Waals surface area contributed by atoms with E-state index in [1.54, 1.807) is 22.6 Å². The molecule has 0 saturated heterocycles. The topological polar surface area (TPSA) is 74.6 Å². The van der Waals surface area contributed by atoms with Crippen LogP contribution in [0, 0.1) is 3.57 Å². The third-order valence-electron chi connectivity index (χ3n) is 1.22. The molecule has 0 heterocycles. The van der Waals surface area contributed by atoms with Crippen LogP contribution in [0.3, 0.4) is 0 Å². The van der Waals surface area contributed by atoms with Gasteiger partial charge in [0.25, 0.3) is 10.1 Å². The zero-order valence-corrected chi connectivity index (χ0v) is 11.7. The zero-order chi connectivity index (χ0) is 9.35. The van der Waals surface area contributed by atoms with Crippen molar-refractivity contribution in [3.05, 3.63) is 21.8 Å². The van der Waals surface area contributed by atoms with Gasteiger partial charge in [-0.15, -0.1) is 0 Å². The van der Waals surface area contributed by atoms with Crippen molar-refractivity contribution in [3.8, 4) is 5.75 Å². The normalized spacial score (nSPS) is 10.6. The van der Waals surface area contributed by atoms with Gasteiger partial charge < -0.3 is 6.53 Å². The Morgan fingerprint density at radius 1 is 1.38 bits per heavy atom. The first kappa shape index (κ1) is 13.7. The van der Waals surface area contributed by atoms with Crippen LogP contribution in [-0.2, 0) is 10.1 Å². The van der Waals surface area contributed by atoms with E-state index in [0.29, 0.717) is 3.57 Å². The number of hydrogen-bond acceptors (Lipinski definition) is 3. The third kappa shape index (κ3) is 3.72. The maximum Gasteiger partial charge on any atom is 1.00 e. The average Bonchev–Trinajstić information content (AvgIpc) is 1.92. The van der Waals surface area contributed by atoms with E-state index in [2.05, 4.69) is 0 Å². The number of phenolic OH excluding ortho intramolecular Hbond substituents is 1. The largest absolute Gasteiger partial charge is 1.00 e. The van der Waals surface area contributed by atoms with Crippen LogP contribution in [0.5, 0.6) is 5.75 Å². The van der Waals surface area contributed by atoms with Crippen LogP contribution >= 0.6 is 22.6 Å². The second kappa shape index (κ2) is 4.94. The minimum absolute atomic E-state index is 0. The number of halogens is 1. The Hall–Kier alpha value is 0.660. The molecule has 0 spiro atoms. The molecule has 1 aromatic rings. The average molecular weight is 324 g/mol. The molecule has 0 bridgehead atoms. The number of aromatic hydroxyl groups is 1. The van der Waals surface area contributed by atoms with Gasteiger partial charge in [0.1, 0.15) is 5.75 Å². The van der Waals surface area contributed by atoms with Gasteiger partial charge in [0, 0.05) is 0 Å². The van der Waals surface area contributed by atoms with Crippen molar-refractivity contribution in [2.75, 3.05) is 0 Å². The number of rotatable bonds is 1. The molecule has 0 aliphatic rings.